The van der Waals surface area contributed by atoms with E-state index in [1.807, 2.05) is 22.6 Å². The van der Waals surface area contributed by atoms with Gasteiger partial charge in [0.25, 0.3) is 5.56 Å². The second kappa shape index (κ2) is 4.39. The van der Waals surface area contributed by atoms with Crippen LogP contribution in [0.1, 0.15) is 18.7 Å². The largest absolute Gasteiger partial charge is 0.309 e. The molecular weight excluding hydrogens is 293 g/mol. The van der Waals surface area contributed by atoms with E-state index in [4.69, 9.17) is 0 Å². The highest BCUT2D eigenvalue weighted by Crippen LogP contribution is 2.09. The van der Waals surface area contributed by atoms with E-state index in [0.29, 0.717) is 3.57 Å². The van der Waals surface area contributed by atoms with Crippen molar-refractivity contribution in [1.82, 2.24) is 14.9 Å². The maximum absolute atomic E-state index is 11.3. The predicted octanol–water partition coefficient (Wildman–Crippen LogP) is 0.970. The van der Waals surface area contributed by atoms with Crippen molar-refractivity contribution in [2.24, 2.45) is 0 Å². The van der Waals surface area contributed by atoms with Crippen LogP contribution in [-0.4, -0.2) is 28.0 Å². The zero-order valence-corrected chi connectivity index (χ0v) is 9.95. The number of rotatable bonds is 2. The van der Waals surface area contributed by atoms with Gasteiger partial charge in [0.2, 0.25) is 0 Å². The van der Waals surface area contributed by atoms with E-state index >= 15 is 0 Å². The molecule has 0 aliphatic carbocycles. The van der Waals surface area contributed by atoms with Crippen molar-refractivity contribution in [2.45, 2.75) is 19.4 Å². The SMILES string of the molecule is O=c1[nH]c(CN2CCCC2)ncc1I. The van der Waals surface area contributed by atoms with Crippen molar-refractivity contribution in [3.8, 4) is 0 Å². The molecule has 1 aliphatic rings. The van der Waals surface area contributed by atoms with Crippen LogP contribution in [0.15, 0.2) is 11.0 Å². The number of aromatic amines is 1. The molecule has 0 saturated carbocycles. The van der Waals surface area contributed by atoms with Gasteiger partial charge in [0, 0.05) is 6.20 Å². The molecule has 0 aromatic carbocycles. The van der Waals surface area contributed by atoms with Crippen LogP contribution in [0.3, 0.4) is 0 Å². The highest BCUT2D eigenvalue weighted by molar-refractivity contribution is 14.1. The van der Waals surface area contributed by atoms with Gasteiger partial charge in [-0.2, -0.15) is 0 Å². The summed E-state index contributed by atoms with van der Waals surface area (Å²) in [7, 11) is 0. The highest BCUT2D eigenvalue weighted by atomic mass is 127. The van der Waals surface area contributed by atoms with Crippen molar-refractivity contribution in [3.05, 3.63) is 25.9 Å². The second-order valence-corrected chi connectivity index (χ2v) is 4.65. The number of likely N-dealkylation sites (tertiary alicyclic amines) is 1. The number of nitrogens with zero attached hydrogens (tertiary/aromatic N) is 2. The zero-order chi connectivity index (χ0) is 9.97. The van der Waals surface area contributed by atoms with E-state index in [2.05, 4.69) is 14.9 Å². The molecule has 1 N–H and O–H groups in total. The Labute approximate surface area is 95.9 Å². The molecule has 1 fully saturated rings. The summed E-state index contributed by atoms with van der Waals surface area (Å²) in [6, 6.07) is 0. The summed E-state index contributed by atoms with van der Waals surface area (Å²) in [5.41, 5.74) is -0.0326. The number of aromatic nitrogens is 2. The Kier molecular flexibility index (Phi) is 3.17. The van der Waals surface area contributed by atoms with Crippen molar-refractivity contribution in [2.75, 3.05) is 13.1 Å². The maximum atomic E-state index is 11.3. The Balaban J connectivity index is 2.09. The van der Waals surface area contributed by atoms with Gasteiger partial charge in [-0.15, -0.1) is 0 Å². The third-order valence-corrected chi connectivity index (χ3v) is 3.15. The third-order valence-electron chi connectivity index (χ3n) is 2.38. The molecule has 0 atom stereocenters. The third kappa shape index (κ3) is 2.33. The van der Waals surface area contributed by atoms with Crippen molar-refractivity contribution < 1.29 is 0 Å². The number of hydrogen-bond acceptors (Lipinski definition) is 3. The van der Waals surface area contributed by atoms with E-state index in [1.54, 1.807) is 6.20 Å². The van der Waals surface area contributed by atoms with Crippen LogP contribution in [0.4, 0.5) is 0 Å². The molecule has 0 bridgehead atoms. The first kappa shape index (κ1) is 10.1. The van der Waals surface area contributed by atoms with Crippen LogP contribution in [0.25, 0.3) is 0 Å². The summed E-state index contributed by atoms with van der Waals surface area (Å²) in [5.74, 6) is 0.775. The molecule has 1 aromatic heterocycles. The lowest BCUT2D eigenvalue weighted by molar-refractivity contribution is 0.322. The molecule has 0 unspecified atom stereocenters. The van der Waals surface area contributed by atoms with Crippen molar-refractivity contribution in [3.63, 3.8) is 0 Å². The first-order valence-electron chi connectivity index (χ1n) is 4.72. The van der Waals surface area contributed by atoms with Gasteiger partial charge in [0.1, 0.15) is 5.82 Å². The Hall–Kier alpha value is -0.430. The van der Waals surface area contributed by atoms with Crippen LogP contribution in [0.2, 0.25) is 0 Å². The van der Waals surface area contributed by atoms with E-state index in [9.17, 15) is 4.79 Å². The van der Waals surface area contributed by atoms with Gasteiger partial charge in [-0.3, -0.25) is 9.69 Å². The molecule has 76 valence electrons. The average Bonchev–Trinajstić information content (AvgIpc) is 2.64. The number of H-pyrrole nitrogens is 1. The molecule has 0 amide bonds. The fourth-order valence-corrected chi connectivity index (χ4v) is 1.92. The number of hydrogen-bond donors (Lipinski definition) is 1. The fraction of sp³-hybridized carbons (Fsp3) is 0.556. The molecule has 5 heteroatoms. The summed E-state index contributed by atoms with van der Waals surface area (Å²) in [5, 5.41) is 0. The van der Waals surface area contributed by atoms with Gasteiger partial charge < -0.3 is 4.98 Å². The van der Waals surface area contributed by atoms with Gasteiger partial charge in [0.05, 0.1) is 10.1 Å². The summed E-state index contributed by atoms with van der Waals surface area (Å²) >= 11 is 1.99. The molecule has 2 heterocycles. The molecular formula is C9H12IN3O. The molecule has 0 spiro atoms. The lowest BCUT2D eigenvalue weighted by Crippen LogP contribution is -2.23. The summed E-state index contributed by atoms with van der Waals surface area (Å²) < 4.78 is 0.646. The van der Waals surface area contributed by atoms with Crippen LogP contribution < -0.4 is 5.56 Å². The smallest absolute Gasteiger partial charge is 0.264 e. The Morgan fingerprint density at radius 2 is 2.21 bits per heavy atom. The standard InChI is InChI=1S/C9H12IN3O/c10-7-5-11-8(12-9(7)14)6-13-3-1-2-4-13/h5H,1-4,6H2,(H,11,12,14). The highest BCUT2D eigenvalue weighted by Gasteiger charge is 2.12. The van der Waals surface area contributed by atoms with Crippen LogP contribution in [0, 0.1) is 3.57 Å². The van der Waals surface area contributed by atoms with Gasteiger partial charge in [-0.05, 0) is 48.5 Å². The van der Waals surface area contributed by atoms with E-state index < -0.39 is 0 Å². The predicted molar refractivity (Wildman–Crippen MR) is 62.1 cm³/mol. The lowest BCUT2D eigenvalue weighted by atomic mass is 10.4. The first-order chi connectivity index (χ1) is 6.75. The van der Waals surface area contributed by atoms with Crippen LogP contribution >= 0.6 is 22.6 Å². The van der Waals surface area contributed by atoms with Crippen molar-refractivity contribution >= 4 is 22.6 Å². The van der Waals surface area contributed by atoms with E-state index in [-0.39, 0.29) is 5.56 Å². The number of halogens is 1. The summed E-state index contributed by atoms with van der Waals surface area (Å²) in [4.78, 5) is 20.6. The maximum Gasteiger partial charge on any atom is 0.264 e. The minimum Gasteiger partial charge on any atom is -0.309 e. The summed E-state index contributed by atoms with van der Waals surface area (Å²) in [6.45, 7) is 3.01. The lowest BCUT2D eigenvalue weighted by Gasteiger charge is -2.12. The van der Waals surface area contributed by atoms with Gasteiger partial charge in [0.15, 0.2) is 0 Å². The quantitative estimate of drug-likeness (QED) is 0.828. The fourth-order valence-electron chi connectivity index (χ4n) is 1.65. The molecule has 1 aliphatic heterocycles. The minimum atomic E-state index is -0.0326. The Morgan fingerprint density at radius 3 is 2.86 bits per heavy atom. The first-order valence-corrected chi connectivity index (χ1v) is 5.79. The molecule has 1 saturated heterocycles. The van der Waals surface area contributed by atoms with Crippen LogP contribution in [-0.2, 0) is 6.54 Å². The van der Waals surface area contributed by atoms with Gasteiger partial charge in [-0.25, -0.2) is 4.98 Å². The second-order valence-electron chi connectivity index (χ2n) is 3.49. The molecule has 4 nitrogen and oxygen atoms in total. The summed E-state index contributed by atoms with van der Waals surface area (Å²) in [6.07, 6.45) is 4.15. The average molecular weight is 305 g/mol. The zero-order valence-electron chi connectivity index (χ0n) is 7.79. The molecule has 0 radical (unpaired) electrons. The normalized spacial score (nSPS) is 17.5. The van der Waals surface area contributed by atoms with E-state index in [0.717, 1.165) is 25.5 Å². The molecule has 1 aromatic rings. The van der Waals surface area contributed by atoms with Gasteiger partial charge >= 0.3 is 0 Å². The minimum absolute atomic E-state index is 0.0326. The Morgan fingerprint density at radius 1 is 1.50 bits per heavy atom. The van der Waals surface area contributed by atoms with Gasteiger partial charge in [-0.1, -0.05) is 0 Å². The Bertz CT molecular complexity index is 371. The molecule has 2 rings (SSSR count). The van der Waals surface area contributed by atoms with E-state index in [1.165, 1.54) is 12.8 Å². The topological polar surface area (TPSA) is 49.0 Å². The number of nitrogens with one attached hydrogen (secondary N) is 1. The van der Waals surface area contributed by atoms with Crippen molar-refractivity contribution in [1.29, 1.82) is 0 Å². The van der Waals surface area contributed by atoms with Crippen LogP contribution in [0.5, 0.6) is 0 Å². The molecule has 14 heavy (non-hydrogen) atoms. The monoisotopic (exact) mass is 305 g/mol.